The monoisotopic (exact) mass is 348 g/mol. The third-order valence-corrected chi connectivity index (χ3v) is 3.91. The van der Waals surface area contributed by atoms with Crippen LogP contribution in [0, 0.1) is 5.82 Å². The summed E-state index contributed by atoms with van der Waals surface area (Å²) >= 11 is 0. The highest BCUT2D eigenvalue weighted by Crippen LogP contribution is 2.24. The summed E-state index contributed by atoms with van der Waals surface area (Å²) in [7, 11) is 0. The lowest BCUT2D eigenvalue weighted by Gasteiger charge is -2.07. The molecule has 0 bridgehead atoms. The first-order valence-corrected chi connectivity index (χ1v) is 7.80. The number of rotatable bonds is 4. The van der Waals surface area contributed by atoms with Gasteiger partial charge in [0.25, 0.3) is 0 Å². The molecule has 6 nitrogen and oxygen atoms in total. The number of hydrogen-bond donors (Lipinski definition) is 3. The van der Waals surface area contributed by atoms with Crippen LogP contribution in [0.3, 0.4) is 0 Å². The van der Waals surface area contributed by atoms with E-state index in [1.54, 1.807) is 6.20 Å². The maximum Gasteiger partial charge on any atom is 0.338 e. The predicted octanol–water partition coefficient (Wildman–Crippen LogP) is 4.21. The smallest absolute Gasteiger partial charge is 0.338 e. The fourth-order valence-corrected chi connectivity index (χ4v) is 2.68. The summed E-state index contributed by atoms with van der Waals surface area (Å²) in [6.07, 6.45) is 3.14. The summed E-state index contributed by atoms with van der Waals surface area (Å²) in [5, 5.41) is 12.9. The number of carbonyl (C=O) groups is 1. The number of aromatic carboxylic acids is 1. The predicted molar refractivity (Wildman–Crippen MR) is 96.0 cm³/mol. The second-order valence-corrected chi connectivity index (χ2v) is 5.68. The van der Waals surface area contributed by atoms with E-state index in [0.717, 1.165) is 22.7 Å². The molecule has 26 heavy (non-hydrogen) atoms. The molecule has 0 aliphatic rings. The van der Waals surface area contributed by atoms with Crippen molar-refractivity contribution in [2.75, 3.05) is 5.32 Å². The third kappa shape index (κ3) is 2.98. The van der Waals surface area contributed by atoms with Crippen molar-refractivity contribution in [1.82, 2.24) is 15.0 Å². The zero-order valence-corrected chi connectivity index (χ0v) is 13.4. The highest BCUT2D eigenvalue weighted by molar-refractivity contribution is 5.88. The van der Waals surface area contributed by atoms with Crippen molar-refractivity contribution in [1.29, 1.82) is 0 Å². The average Bonchev–Trinajstić information content (AvgIpc) is 3.06. The molecule has 0 fully saturated rings. The van der Waals surface area contributed by atoms with E-state index in [1.165, 1.54) is 18.3 Å². The molecule has 2 aromatic carbocycles. The first-order valence-electron chi connectivity index (χ1n) is 7.80. The fraction of sp³-hybridized carbons (Fsp3) is 0. The summed E-state index contributed by atoms with van der Waals surface area (Å²) in [4.78, 5) is 22.8. The van der Waals surface area contributed by atoms with Crippen molar-refractivity contribution < 1.29 is 14.3 Å². The van der Waals surface area contributed by atoms with Crippen molar-refractivity contribution in [3.8, 4) is 11.4 Å². The van der Waals surface area contributed by atoms with Crippen LogP contribution in [0.25, 0.3) is 22.3 Å². The zero-order chi connectivity index (χ0) is 18.1. The molecule has 2 heterocycles. The van der Waals surface area contributed by atoms with Gasteiger partial charge in [0.1, 0.15) is 17.3 Å². The van der Waals surface area contributed by atoms with Gasteiger partial charge >= 0.3 is 5.97 Å². The topological polar surface area (TPSA) is 90.9 Å². The van der Waals surface area contributed by atoms with Crippen molar-refractivity contribution in [3.05, 3.63) is 72.3 Å². The molecule has 0 spiro atoms. The Morgan fingerprint density at radius 1 is 1.12 bits per heavy atom. The van der Waals surface area contributed by atoms with Gasteiger partial charge in [-0.25, -0.2) is 14.2 Å². The third-order valence-electron chi connectivity index (χ3n) is 3.91. The molecule has 4 rings (SSSR count). The number of nitrogens with zero attached hydrogens (tertiary/aromatic N) is 2. The number of halogens is 1. The van der Waals surface area contributed by atoms with Crippen LogP contribution in [0.4, 0.5) is 15.9 Å². The molecule has 0 radical (unpaired) electrons. The molecule has 7 heteroatoms. The van der Waals surface area contributed by atoms with E-state index >= 15 is 0 Å². The minimum absolute atomic E-state index is 0.381. The Labute approximate surface area is 147 Å². The van der Waals surface area contributed by atoms with Gasteiger partial charge in [-0.15, -0.1) is 0 Å². The molecular formula is C19H13FN4O2. The van der Waals surface area contributed by atoms with Gasteiger partial charge in [0.05, 0.1) is 23.7 Å². The summed E-state index contributed by atoms with van der Waals surface area (Å²) in [6, 6.07) is 13.6. The molecule has 0 atom stereocenters. The maximum absolute atomic E-state index is 13.8. The van der Waals surface area contributed by atoms with Gasteiger partial charge in [-0.1, -0.05) is 18.2 Å². The highest BCUT2D eigenvalue weighted by atomic mass is 19.1. The van der Waals surface area contributed by atoms with E-state index in [-0.39, 0.29) is 5.56 Å². The Hall–Kier alpha value is -3.74. The standard InChI is InChI=1S/C19H13FN4O2/c20-14-8-12(5-6-13(14)19(25)26)22-18-10-21-9-17(24-18)16-7-11-3-1-2-4-15(11)23-16/h1-10,23H,(H,22,24)(H,25,26). The maximum atomic E-state index is 13.8. The van der Waals surface area contributed by atoms with Gasteiger partial charge in [-0.05, 0) is 30.3 Å². The number of benzene rings is 2. The number of carboxylic acids is 1. The number of nitrogens with one attached hydrogen (secondary N) is 2. The van der Waals surface area contributed by atoms with Crippen molar-refractivity contribution in [2.24, 2.45) is 0 Å². The van der Waals surface area contributed by atoms with Gasteiger partial charge in [-0.3, -0.25) is 4.98 Å². The molecule has 2 aromatic heterocycles. The Bertz CT molecular complexity index is 1090. The van der Waals surface area contributed by atoms with Crippen molar-refractivity contribution in [2.45, 2.75) is 0 Å². The number of para-hydroxylation sites is 1. The van der Waals surface area contributed by atoms with E-state index in [1.807, 2.05) is 30.3 Å². The number of H-pyrrole nitrogens is 1. The summed E-state index contributed by atoms with van der Waals surface area (Å²) in [6.45, 7) is 0. The molecular weight excluding hydrogens is 335 g/mol. The van der Waals surface area contributed by atoms with E-state index in [2.05, 4.69) is 20.3 Å². The second kappa shape index (κ2) is 6.29. The van der Waals surface area contributed by atoms with Crippen molar-refractivity contribution >= 4 is 28.4 Å². The molecule has 128 valence electrons. The lowest BCUT2D eigenvalue weighted by molar-refractivity contribution is 0.0692. The highest BCUT2D eigenvalue weighted by Gasteiger charge is 2.11. The second-order valence-electron chi connectivity index (χ2n) is 5.68. The first-order chi connectivity index (χ1) is 12.6. The molecule has 0 unspecified atom stereocenters. The Morgan fingerprint density at radius 3 is 2.73 bits per heavy atom. The lowest BCUT2D eigenvalue weighted by atomic mass is 10.2. The number of hydrogen-bond acceptors (Lipinski definition) is 4. The molecule has 0 aliphatic heterocycles. The molecule has 0 amide bonds. The van der Waals surface area contributed by atoms with E-state index < -0.39 is 11.8 Å². The van der Waals surface area contributed by atoms with Crippen LogP contribution in [-0.4, -0.2) is 26.0 Å². The fourth-order valence-electron chi connectivity index (χ4n) is 2.68. The van der Waals surface area contributed by atoms with Gasteiger partial charge < -0.3 is 15.4 Å². The SMILES string of the molecule is O=C(O)c1ccc(Nc2cncc(-c3cc4ccccc4[nH]3)n2)cc1F. The number of aromatic nitrogens is 3. The van der Waals surface area contributed by atoms with E-state index in [4.69, 9.17) is 5.11 Å². The van der Waals surface area contributed by atoms with Crippen LogP contribution in [-0.2, 0) is 0 Å². The minimum atomic E-state index is -1.31. The van der Waals surface area contributed by atoms with E-state index in [9.17, 15) is 9.18 Å². The van der Waals surface area contributed by atoms with Crippen LogP contribution in [0.15, 0.2) is 60.9 Å². The van der Waals surface area contributed by atoms with Crippen LogP contribution >= 0.6 is 0 Å². The summed E-state index contributed by atoms with van der Waals surface area (Å²) in [5.41, 5.74) is 2.45. The molecule has 4 aromatic rings. The quantitative estimate of drug-likeness (QED) is 0.514. The Kier molecular flexibility index (Phi) is 3.81. The number of aromatic amines is 1. The summed E-state index contributed by atoms with van der Waals surface area (Å²) < 4.78 is 13.8. The summed E-state index contributed by atoms with van der Waals surface area (Å²) in [5.74, 6) is -1.71. The Balaban J connectivity index is 1.63. The van der Waals surface area contributed by atoms with Crippen LogP contribution in [0.1, 0.15) is 10.4 Å². The molecule has 0 aliphatic carbocycles. The zero-order valence-electron chi connectivity index (χ0n) is 13.4. The number of carboxylic acid groups (broad SMARTS) is 1. The number of anilines is 2. The average molecular weight is 348 g/mol. The van der Waals surface area contributed by atoms with Gasteiger partial charge in [0.2, 0.25) is 0 Å². The van der Waals surface area contributed by atoms with Gasteiger partial charge in [0.15, 0.2) is 0 Å². The Morgan fingerprint density at radius 2 is 1.96 bits per heavy atom. The van der Waals surface area contributed by atoms with Crippen LogP contribution in [0.2, 0.25) is 0 Å². The molecule has 0 saturated heterocycles. The van der Waals surface area contributed by atoms with E-state index in [0.29, 0.717) is 17.2 Å². The van der Waals surface area contributed by atoms with Crippen LogP contribution in [0.5, 0.6) is 0 Å². The lowest BCUT2D eigenvalue weighted by Crippen LogP contribution is -2.02. The minimum Gasteiger partial charge on any atom is -0.478 e. The van der Waals surface area contributed by atoms with Crippen molar-refractivity contribution in [3.63, 3.8) is 0 Å². The molecule has 3 N–H and O–H groups in total. The largest absolute Gasteiger partial charge is 0.478 e. The van der Waals surface area contributed by atoms with Gasteiger partial charge in [-0.2, -0.15) is 0 Å². The normalized spacial score (nSPS) is 10.8. The molecule has 0 saturated carbocycles. The van der Waals surface area contributed by atoms with Gasteiger partial charge in [0, 0.05) is 16.6 Å². The van der Waals surface area contributed by atoms with Crippen LogP contribution < -0.4 is 5.32 Å². The first kappa shape index (κ1) is 15.8. The number of fused-ring (bicyclic) bond motifs is 1.